The van der Waals surface area contributed by atoms with Gasteiger partial charge in [0.05, 0.1) is 0 Å². The van der Waals surface area contributed by atoms with Crippen molar-refractivity contribution in [3.63, 3.8) is 0 Å². The summed E-state index contributed by atoms with van der Waals surface area (Å²) < 4.78 is 0. The largest absolute Gasteiger partial charge is 0.292 e. The molecule has 0 saturated heterocycles. The molecular weight excluding hydrogens is 136 g/mol. The zero-order chi connectivity index (χ0) is 9.11. The predicted octanol–water partition coefficient (Wildman–Crippen LogP) is 2.58. The van der Waals surface area contributed by atoms with Gasteiger partial charge in [-0.25, -0.2) is 0 Å². The minimum absolute atomic E-state index is 0.844. The van der Waals surface area contributed by atoms with Crippen molar-refractivity contribution in [1.29, 1.82) is 0 Å². The van der Waals surface area contributed by atoms with Crippen LogP contribution in [0.1, 0.15) is 34.6 Å². The van der Waals surface area contributed by atoms with E-state index in [9.17, 15) is 0 Å². The van der Waals surface area contributed by atoms with Gasteiger partial charge in [-0.1, -0.05) is 13.8 Å². The van der Waals surface area contributed by atoms with Crippen molar-refractivity contribution < 1.29 is 0 Å². The SMILES string of the molecule is CC.CCN=CC(C)=NCC. The lowest BCUT2D eigenvalue weighted by molar-refractivity contribution is 1.12. The Balaban J connectivity index is 0. The molecule has 66 valence electrons. The molecular formula is C9H20N2. The smallest absolute Gasteiger partial charge is 0.0495 e. The van der Waals surface area contributed by atoms with Crippen LogP contribution in [0, 0.1) is 0 Å². The second-order valence-corrected chi connectivity index (χ2v) is 1.74. The van der Waals surface area contributed by atoms with Crippen LogP contribution in [-0.4, -0.2) is 25.0 Å². The molecule has 0 N–H and O–H groups in total. The molecule has 0 radical (unpaired) electrons. The number of rotatable bonds is 3. The highest BCUT2D eigenvalue weighted by molar-refractivity contribution is 6.29. The molecule has 0 fully saturated rings. The van der Waals surface area contributed by atoms with E-state index in [4.69, 9.17) is 0 Å². The Labute approximate surface area is 70.5 Å². The second-order valence-electron chi connectivity index (χ2n) is 1.74. The van der Waals surface area contributed by atoms with Crippen LogP contribution >= 0.6 is 0 Å². The zero-order valence-electron chi connectivity index (χ0n) is 8.39. The molecule has 0 heterocycles. The van der Waals surface area contributed by atoms with E-state index < -0.39 is 0 Å². The first kappa shape index (κ1) is 13.0. The molecule has 0 bridgehead atoms. The van der Waals surface area contributed by atoms with Gasteiger partial charge < -0.3 is 0 Å². The Morgan fingerprint density at radius 3 is 2.09 bits per heavy atom. The van der Waals surface area contributed by atoms with E-state index in [1.165, 1.54) is 0 Å². The van der Waals surface area contributed by atoms with Gasteiger partial charge in [0.1, 0.15) is 0 Å². The third-order valence-electron chi connectivity index (χ3n) is 0.868. The Hall–Kier alpha value is -0.660. The van der Waals surface area contributed by atoms with Crippen LogP contribution in [0.5, 0.6) is 0 Å². The maximum atomic E-state index is 4.13. The van der Waals surface area contributed by atoms with E-state index in [1.807, 2.05) is 40.8 Å². The van der Waals surface area contributed by atoms with Gasteiger partial charge in [0, 0.05) is 25.0 Å². The first-order valence-electron chi connectivity index (χ1n) is 4.32. The lowest BCUT2D eigenvalue weighted by Crippen LogP contribution is -1.93. The quantitative estimate of drug-likeness (QED) is 0.561. The standard InChI is InChI=1S/C7H14N2.C2H6/c1-4-8-6-7(3)9-5-2;1-2/h6H,4-5H2,1-3H3;1-2H3. The molecule has 0 spiro atoms. The van der Waals surface area contributed by atoms with Crippen molar-refractivity contribution in [1.82, 2.24) is 0 Å². The molecule has 0 amide bonds. The van der Waals surface area contributed by atoms with Crippen molar-refractivity contribution in [2.45, 2.75) is 34.6 Å². The average molecular weight is 156 g/mol. The summed E-state index contributed by atoms with van der Waals surface area (Å²) >= 11 is 0. The van der Waals surface area contributed by atoms with Crippen LogP contribution in [0.25, 0.3) is 0 Å². The summed E-state index contributed by atoms with van der Waals surface area (Å²) in [5, 5.41) is 0. The predicted molar refractivity (Wildman–Crippen MR) is 54.0 cm³/mol. The molecule has 0 aromatic heterocycles. The van der Waals surface area contributed by atoms with Crippen LogP contribution in [-0.2, 0) is 0 Å². The van der Waals surface area contributed by atoms with Gasteiger partial charge in [-0.2, -0.15) is 0 Å². The van der Waals surface area contributed by atoms with Crippen LogP contribution < -0.4 is 0 Å². The molecule has 0 atom stereocenters. The fourth-order valence-corrected chi connectivity index (χ4v) is 0.514. The molecule has 0 aliphatic heterocycles. The fourth-order valence-electron chi connectivity index (χ4n) is 0.514. The lowest BCUT2D eigenvalue weighted by Gasteiger charge is -1.86. The third kappa shape index (κ3) is 12.5. The molecule has 0 aliphatic rings. The molecule has 0 rings (SSSR count). The molecule has 2 nitrogen and oxygen atoms in total. The van der Waals surface area contributed by atoms with E-state index in [2.05, 4.69) is 9.98 Å². The first-order chi connectivity index (χ1) is 5.31. The van der Waals surface area contributed by atoms with Crippen LogP contribution in [0.3, 0.4) is 0 Å². The minimum Gasteiger partial charge on any atom is -0.292 e. The summed E-state index contributed by atoms with van der Waals surface area (Å²) in [5.74, 6) is 0. The molecule has 11 heavy (non-hydrogen) atoms. The second kappa shape index (κ2) is 12.1. The summed E-state index contributed by atoms with van der Waals surface area (Å²) in [6, 6.07) is 0. The molecule has 0 unspecified atom stereocenters. The van der Waals surface area contributed by atoms with Gasteiger partial charge >= 0.3 is 0 Å². The minimum atomic E-state index is 0.844. The van der Waals surface area contributed by atoms with E-state index in [1.54, 1.807) is 0 Å². The van der Waals surface area contributed by atoms with Crippen LogP contribution in [0.2, 0.25) is 0 Å². The van der Waals surface area contributed by atoms with Crippen molar-refractivity contribution in [3.05, 3.63) is 0 Å². The first-order valence-corrected chi connectivity index (χ1v) is 4.32. The van der Waals surface area contributed by atoms with Crippen molar-refractivity contribution in [3.8, 4) is 0 Å². The topological polar surface area (TPSA) is 24.7 Å². The van der Waals surface area contributed by atoms with Crippen molar-refractivity contribution in [2.24, 2.45) is 9.98 Å². The van der Waals surface area contributed by atoms with Crippen molar-refractivity contribution in [2.75, 3.05) is 13.1 Å². The van der Waals surface area contributed by atoms with E-state index >= 15 is 0 Å². The van der Waals surface area contributed by atoms with Crippen LogP contribution in [0.15, 0.2) is 9.98 Å². The molecule has 2 heteroatoms. The van der Waals surface area contributed by atoms with E-state index in [0.29, 0.717) is 0 Å². The highest BCUT2D eigenvalue weighted by Gasteiger charge is 1.78. The third-order valence-corrected chi connectivity index (χ3v) is 0.868. The van der Waals surface area contributed by atoms with Gasteiger partial charge in [-0.05, 0) is 20.8 Å². The maximum absolute atomic E-state index is 4.13. The molecule has 0 aliphatic carbocycles. The Morgan fingerprint density at radius 2 is 1.73 bits per heavy atom. The lowest BCUT2D eigenvalue weighted by atomic mass is 10.4. The summed E-state index contributed by atoms with van der Waals surface area (Å²) in [7, 11) is 0. The Kier molecular flexibility index (Phi) is 14.2. The van der Waals surface area contributed by atoms with Crippen molar-refractivity contribution >= 4 is 11.9 Å². The maximum Gasteiger partial charge on any atom is 0.0495 e. The summed E-state index contributed by atoms with van der Waals surface area (Å²) in [5.41, 5.74) is 1.01. The van der Waals surface area contributed by atoms with Crippen LogP contribution in [0.4, 0.5) is 0 Å². The Bertz CT molecular complexity index is 115. The summed E-state index contributed by atoms with van der Waals surface area (Å²) in [6.07, 6.45) is 1.81. The highest BCUT2D eigenvalue weighted by atomic mass is 14.8. The molecule has 0 aromatic carbocycles. The van der Waals surface area contributed by atoms with E-state index in [0.717, 1.165) is 18.8 Å². The summed E-state index contributed by atoms with van der Waals surface area (Å²) in [4.78, 5) is 8.16. The number of nitrogens with zero attached hydrogens (tertiary/aromatic N) is 2. The zero-order valence-corrected chi connectivity index (χ0v) is 8.39. The highest BCUT2D eigenvalue weighted by Crippen LogP contribution is 1.73. The van der Waals surface area contributed by atoms with Gasteiger partial charge in [0.25, 0.3) is 0 Å². The molecule has 0 aromatic rings. The summed E-state index contributed by atoms with van der Waals surface area (Å²) in [6.45, 7) is 11.7. The van der Waals surface area contributed by atoms with Gasteiger partial charge in [0.2, 0.25) is 0 Å². The van der Waals surface area contributed by atoms with Gasteiger partial charge in [-0.3, -0.25) is 9.98 Å². The number of hydrogen-bond acceptors (Lipinski definition) is 2. The fraction of sp³-hybridized carbons (Fsp3) is 0.778. The van der Waals surface area contributed by atoms with Gasteiger partial charge in [-0.15, -0.1) is 0 Å². The van der Waals surface area contributed by atoms with Gasteiger partial charge in [0.15, 0.2) is 0 Å². The van der Waals surface area contributed by atoms with E-state index in [-0.39, 0.29) is 0 Å². The number of aliphatic imine (C=N–C) groups is 2. The molecule has 0 saturated carbocycles. The number of hydrogen-bond donors (Lipinski definition) is 0. The normalized spacial score (nSPS) is 11.2. The average Bonchev–Trinajstić information content (AvgIpc) is 2.05. The Morgan fingerprint density at radius 1 is 1.18 bits per heavy atom. The monoisotopic (exact) mass is 156 g/mol.